The van der Waals surface area contributed by atoms with E-state index in [0.717, 1.165) is 16.1 Å². The SMILES string of the molecule is COc1cccc(CN(C(=O)CN(c2ccc(Cl)c(Cl)c2)S(C)(=O)=O)C(Cc2ccccc2)C(=O)NCC(C)C)c1. The zero-order valence-electron chi connectivity index (χ0n) is 23.5. The number of nitrogens with one attached hydrogen (secondary N) is 1. The van der Waals surface area contributed by atoms with Gasteiger partial charge in [0.05, 0.1) is 29.1 Å². The van der Waals surface area contributed by atoms with E-state index in [1.54, 1.807) is 25.3 Å². The summed E-state index contributed by atoms with van der Waals surface area (Å²) < 4.78 is 32.1. The summed E-state index contributed by atoms with van der Waals surface area (Å²) in [6.07, 6.45) is 1.23. The summed E-state index contributed by atoms with van der Waals surface area (Å²) in [5, 5.41) is 3.35. The van der Waals surface area contributed by atoms with Gasteiger partial charge in [0.2, 0.25) is 21.8 Å². The van der Waals surface area contributed by atoms with Gasteiger partial charge in [-0.2, -0.15) is 0 Å². The number of carbonyl (C=O) groups excluding carboxylic acids is 2. The van der Waals surface area contributed by atoms with Crippen LogP contribution in [0.2, 0.25) is 10.0 Å². The molecular weight excluding hydrogens is 585 g/mol. The first-order valence-corrected chi connectivity index (χ1v) is 15.7. The van der Waals surface area contributed by atoms with E-state index in [2.05, 4.69) is 5.32 Å². The molecule has 41 heavy (non-hydrogen) atoms. The van der Waals surface area contributed by atoms with Crippen molar-refractivity contribution in [2.45, 2.75) is 32.9 Å². The third kappa shape index (κ3) is 9.38. The standard InChI is InChI=1S/C30H35Cl2N3O5S/c1-21(2)18-33-30(37)28(16-22-9-6-5-7-10-22)34(19-23-11-8-12-25(15-23)40-3)29(36)20-35(41(4,38)39)24-13-14-26(31)27(32)17-24/h5-15,17,21,28H,16,18-20H2,1-4H3,(H,33,37). The first-order chi connectivity index (χ1) is 19.4. The molecule has 0 aromatic heterocycles. The van der Waals surface area contributed by atoms with Crippen LogP contribution in [0, 0.1) is 5.92 Å². The Bertz CT molecular complexity index is 1450. The first kappa shape index (κ1) is 32.2. The number of rotatable bonds is 13. The molecule has 0 saturated heterocycles. The highest BCUT2D eigenvalue weighted by atomic mass is 35.5. The molecule has 0 aliphatic heterocycles. The Labute approximate surface area is 252 Å². The number of carbonyl (C=O) groups is 2. The largest absolute Gasteiger partial charge is 0.497 e. The highest BCUT2D eigenvalue weighted by molar-refractivity contribution is 7.92. The van der Waals surface area contributed by atoms with Gasteiger partial charge in [-0.15, -0.1) is 0 Å². The molecule has 8 nitrogen and oxygen atoms in total. The maximum absolute atomic E-state index is 14.1. The van der Waals surface area contributed by atoms with Crippen LogP contribution in [0.5, 0.6) is 5.75 Å². The fraction of sp³-hybridized carbons (Fsp3) is 0.333. The molecule has 0 radical (unpaired) electrons. The third-order valence-electron chi connectivity index (χ3n) is 6.31. The van der Waals surface area contributed by atoms with E-state index < -0.39 is 28.5 Å². The number of benzene rings is 3. The molecule has 0 aliphatic carbocycles. The number of anilines is 1. The van der Waals surface area contributed by atoms with Crippen molar-refractivity contribution in [1.82, 2.24) is 10.2 Å². The number of ether oxygens (including phenoxy) is 1. The Morgan fingerprint density at radius 1 is 0.927 bits per heavy atom. The zero-order valence-corrected chi connectivity index (χ0v) is 25.8. The van der Waals surface area contributed by atoms with Crippen LogP contribution >= 0.6 is 23.2 Å². The highest BCUT2D eigenvalue weighted by Crippen LogP contribution is 2.29. The summed E-state index contributed by atoms with van der Waals surface area (Å²) in [5.74, 6) is -0.120. The summed E-state index contributed by atoms with van der Waals surface area (Å²) in [7, 11) is -2.38. The minimum absolute atomic E-state index is 0.0433. The molecule has 1 N–H and O–H groups in total. The number of amides is 2. The Morgan fingerprint density at radius 3 is 2.22 bits per heavy atom. The number of sulfonamides is 1. The number of methoxy groups -OCH3 is 1. The second-order valence-electron chi connectivity index (χ2n) is 10.1. The van der Waals surface area contributed by atoms with Gasteiger partial charge in [0.15, 0.2) is 0 Å². The summed E-state index contributed by atoms with van der Waals surface area (Å²) in [5.41, 5.74) is 1.75. The van der Waals surface area contributed by atoms with E-state index in [1.165, 1.54) is 23.1 Å². The Hall–Kier alpha value is -3.27. The molecule has 3 rings (SSSR count). The summed E-state index contributed by atoms with van der Waals surface area (Å²) in [6.45, 7) is 3.87. The molecule has 3 aromatic carbocycles. The van der Waals surface area contributed by atoms with Crippen molar-refractivity contribution in [1.29, 1.82) is 0 Å². The van der Waals surface area contributed by atoms with Gasteiger partial charge in [-0.25, -0.2) is 8.42 Å². The molecule has 2 amide bonds. The minimum Gasteiger partial charge on any atom is -0.497 e. The van der Waals surface area contributed by atoms with Crippen LogP contribution in [0.1, 0.15) is 25.0 Å². The fourth-order valence-corrected chi connectivity index (χ4v) is 5.33. The second kappa shape index (κ2) is 14.6. The van der Waals surface area contributed by atoms with Crippen LogP contribution in [-0.2, 0) is 32.6 Å². The molecule has 0 spiro atoms. The van der Waals surface area contributed by atoms with Gasteiger partial charge >= 0.3 is 0 Å². The van der Waals surface area contributed by atoms with E-state index >= 15 is 0 Å². The van der Waals surface area contributed by atoms with Gasteiger partial charge in [-0.05, 0) is 47.4 Å². The maximum atomic E-state index is 14.1. The number of nitrogens with zero attached hydrogens (tertiary/aromatic N) is 2. The first-order valence-electron chi connectivity index (χ1n) is 13.1. The third-order valence-corrected chi connectivity index (χ3v) is 8.19. The lowest BCUT2D eigenvalue weighted by atomic mass is 10.0. The van der Waals surface area contributed by atoms with Gasteiger partial charge < -0.3 is 15.0 Å². The van der Waals surface area contributed by atoms with Crippen LogP contribution in [0.25, 0.3) is 0 Å². The van der Waals surface area contributed by atoms with Crippen LogP contribution in [0.3, 0.4) is 0 Å². The van der Waals surface area contributed by atoms with Crippen molar-refractivity contribution in [2.24, 2.45) is 5.92 Å². The predicted octanol–water partition coefficient (Wildman–Crippen LogP) is 5.18. The smallest absolute Gasteiger partial charge is 0.244 e. The Kier molecular flexibility index (Phi) is 11.5. The molecule has 1 unspecified atom stereocenters. The van der Waals surface area contributed by atoms with Gasteiger partial charge in [0.1, 0.15) is 18.3 Å². The molecule has 0 fully saturated rings. The van der Waals surface area contributed by atoms with Gasteiger partial charge in [-0.3, -0.25) is 13.9 Å². The normalized spacial score (nSPS) is 12.1. The molecule has 0 saturated carbocycles. The van der Waals surface area contributed by atoms with Crippen molar-refractivity contribution >= 4 is 50.7 Å². The van der Waals surface area contributed by atoms with E-state index in [-0.39, 0.29) is 40.5 Å². The Balaban J connectivity index is 2.07. The lowest BCUT2D eigenvalue weighted by molar-refractivity contribution is -0.140. The van der Waals surface area contributed by atoms with E-state index in [4.69, 9.17) is 27.9 Å². The van der Waals surface area contributed by atoms with Crippen molar-refractivity contribution in [2.75, 3.05) is 30.8 Å². The van der Waals surface area contributed by atoms with Gasteiger partial charge in [0.25, 0.3) is 0 Å². The van der Waals surface area contributed by atoms with Crippen LogP contribution in [0.15, 0.2) is 72.8 Å². The van der Waals surface area contributed by atoms with Crippen molar-refractivity contribution in [3.63, 3.8) is 0 Å². The molecule has 0 aliphatic rings. The van der Waals surface area contributed by atoms with Gasteiger partial charge in [-0.1, -0.05) is 79.5 Å². The van der Waals surface area contributed by atoms with Crippen LogP contribution in [-0.4, -0.2) is 57.6 Å². The monoisotopic (exact) mass is 619 g/mol. The predicted molar refractivity (Wildman–Crippen MR) is 164 cm³/mol. The molecular formula is C30H35Cl2N3O5S. The topological polar surface area (TPSA) is 96.0 Å². The summed E-state index contributed by atoms with van der Waals surface area (Å²) in [6, 6.07) is 19.9. The number of halogens is 2. The molecule has 3 aromatic rings. The highest BCUT2D eigenvalue weighted by Gasteiger charge is 2.33. The lowest BCUT2D eigenvalue weighted by Crippen LogP contribution is -2.53. The average Bonchev–Trinajstić information content (AvgIpc) is 2.93. The van der Waals surface area contributed by atoms with Gasteiger partial charge in [0, 0.05) is 19.5 Å². The zero-order chi connectivity index (χ0) is 30.2. The molecule has 11 heteroatoms. The lowest BCUT2D eigenvalue weighted by Gasteiger charge is -2.33. The number of hydrogen-bond acceptors (Lipinski definition) is 5. The number of hydrogen-bond donors (Lipinski definition) is 1. The Morgan fingerprint density at radius 2 is 1.61 bits per heavy atom. The van der Waals surface area contributed by atoms with Crippen molar-refractivity contribution in [3.05, 3.63) is 94.0 Å². The molecule has 1 atom stereocenters. The molecule has 0 bridgehead atoms. The fourth-order valence-electron chi connectivity index (χ4n) is 4.20. The molecule has 220 valence electrons. The van der Waals surface area contributed by atoms with Crippen molar-refractivity contribution < 1.29 is 22.7 Å². The van der Waals surface area contributed by atoms with E-state index in [0.29, 0.717) is 17.9 Å². The molecule has 0 heterocycles. The van der Waals surface area contributed by atoms with Crippen LogP contribution < -0.4 is 14.4 Å². The van der Waals surface area contributed by atoms with Crippen LogP contribution in [0.4, 0.5) is 5.69 Å². The van der Waals surface area contributed by atoms with Crippen molar-refractivity contribution in [3.8, 4) is 5.75 Å². The summed E-state index contributed by atoms with van der Waals surface area (Å²) >= 11 is 12.2. The van der Waals surface area contributed by atoms with E-state index in [9.17, 15) is 18.0 Å². The maximum Gasteiger partial charge on any atom is 0.244 e. The summed E-state index contributed by atoms with van der Waals surface area (Å²) in [4.78, 5) is 29.2. The quantitative estimate of drug-likeness (QED) is 0.284. The average molecular weight is 621 g/mol. The second-order valence-corrected chi connectivity index (χ2v) is 12.8. The van der Waals surface area contributed by atoms with E-state index in [1.807, 2.05) is 50.2 Å². The minimum atomic E-state index is -3.92.